The maximum Gasteiger partial charge on any atom is 1.00 e. The summed E-state index contributed by atoms with van der Waals surface area (Å²) in [6, 6.07) is 8.36. The molecular formula is C8H11LiO. The summed E-state index contributed by atoms with van der Waals surface area (Å²) in [7, 11) is 0. The number of rotatable bonds is 0. The van der Waals surface area contributed by atoms with Gasteiger partial charge in [-0.2, -0.15) is 0 Å². The molecule has 0 aliphatic rings. The Bertz CT molecular complexity index is 165. The molecule has 10 heavy (non-hydrogen) atoms. The van der Waals surface area contributed by atoms with E-state index in [9.17, 15) is 0 Å². The number of hydrogen-bond acceptors (Lipinski definition) is 1. The van der Waals surface area contributed by atoms with Gasteiger partial charge in [0.1, 0.15) is 0 Å². The Morgan fingerprint density at radius 2 is 1.20 bits per heavy atom. The summed E-state index contributed by atoms with van der Waals surface area (Å²) in [5.74, 6) is 0. The molecule has 0 aliphatic carbocycles. The van der Waals surface area contributed by atoms with Crippen LogP contribution in [0, 0.1) is 13.8 Å². The van der Waals surface area contributed by atoms with E-state index in [1.807, 2.05) is 0 Å². The fraction of sp³-hybridized carbons (Fsp3) is 0.250. The van der Waals surface area contributed by atoms with Gasteiger partial charge in [0.25, 0.3) is 0 Å². The second-order valence-corrected chi connectivity index (χ2v) is 2.08. The molecule has 1 nitrogen and oxygen atoms in total. The second kappa shape index (κ2) is 5.55. The maximum atomic E-state index is 2.12. The van der Waals surface area contributed by atoms with Crippen molar-refractivity contribution in [2.45, 2.75) is 13.8 Å². The average Bonchev–Trinajstić information content (AvgIpc) is 1.77. The number of benzene rings is 1. The van der Waals surface area contributed by atoms with Crippen molar-refractivity contribution in [1.82, 2.24) is 0 Å². The average molecular weight is 130 g/mol. The minimum Gasteiger partial charge on any atom is -0.870 e. The molecule has 1 aromatic carbocycles. The predicted molar refractivity (Wildman–Crippen MR) is 37.9 cm³/mol. The van der Waals surface area contributed by atoms with Gasteiger partial charge in [-0.15, -0.1) is 0 Å². The maximum absolute atomic E-state index is 2.12. The third kappa shape index (κ3) is 3.08. The van der Waals surface area contributed by atoms with E-state index in [0.29, 0.717) is 0 Å². The summed E-state index contributed by atoms with van der Waals surface area (Å²) < 4.78 is 0. The Labute approximate surface area is 73.9 Å². The molecule has 0 bridgehead atoms. The zero-order chi connectivity index (χ0) is 5.98. The van der Waals surface area contributed by atoms with Crippen molar-refractivity contribution in [2.75, 3.05) is 0 Å². The molecule has 0 aromatic heterocycles. The molecule has 0 fully saturated rings. The predicted octanol–water partition coefficient (Wildman–Crippen LogP) is -0.869. The van der Waals surface area contributed by atoms with Gasteiger partial charge in [-0.25, -0.2) is 0 Å². The number of hydrogen-bond donors (Lipinski definition) is 0. The molecular weight excluding hydrogens is 119 g/mol. The van der Waals surface area contributed by atoms with E-state index in [-0.39, 0.29) is 24.3 Å². The molecule has 0 amide bonds. The third-order valence-corrected chi connectivity index (χ3v) is 1.43. The zero-order valence-electron chi connectivity index (χ0n) is 6.76. The topological polar surface area (TPSA) is 30.0 Å². The fourth-order valence-corrected chi connectivity index (χ4v) is 0.663. The molecule has 1 rings (SSSR count). The van der Waals surface area contributed by atoms with Crippen molar-refractivity contribution >= 4 is 0 Å². The molecule has 1 N–H and O–H groups in total. The van der Waals surface area contributed by atoms with Gasteiger partial charge >= 0.3 is 18.9 Å². The SMILES string of the molecule is Cc1ccccc1C.[Li+].[OH-]. The first kappa shape index (κ1) is 12.5. The van der Waals surface area contributed by atoms with Crippen molar-refractivity contribution in [1.29, 1.82) is 0 Å². The Morgan fingerprint density at radius 3 is 1.40 bits per heavy atom. The summed E-state index contributed by atoms with van der Waals surface area (Å²) in [5, 5.41) is 0. The molecule has 0 saturated heterocycles. The van der Waals surface area contributed by atoms with E-state index in [4.69, 9.17) is 0 Å². The molecule has 0 heterocycles. The van der Waals surface area contributed by atoms with Crippen LogP contribution < -0.4 is 18.9 Å². The minimum absolute atomic E-state index is 0. The van der Waals surface area contributed by atoms with Crippen LogP contribution in [-0.4, -0.2) is 5.48 Å². The molecule has 50 valence electrons. The van der Waals surface area contributed by atoms with E-state index in [2.05, 4.69) is 38.1 Å². The Hall–Kier alpha value is -0.223. The first-order valence-corrected chi connectivity index (χ1v) is 2.83. The minimum atomic E-state index is 0. The molecule has 0 atom stereocenters. The van der Waals surface area contributed by atoms with Crippen LogP contribution in [0.25, 0.3) is 0 Å². The quantitative estimate of drug-likeness (QED) is 0.420. The van der Waals surface area contributed by atoms with E-state index in [1.54, 1.807) is 0 Å². The van der Waals surface area contributed by atoms with Gasteiger partial charge in [0.2, 0.25) is 0 Å². The summed E-state index contributed by atoms with van der Waals surface area (Å²) in [6.07, 6.45) is 0. The van der Waals surface area contributed by atoms with E-state index < -0.39 is 0 Å². The summed E-state index contributed by atoms with van der Waals surface area (Å²) in [6.45, 7) is 4.24. The fourth-order valence-electron chi connectivity index (χ4n) is 0.663. The van der Waals surface area contributed by atoms with Crippen molar-refractivity contribution < 1.29 is 24.3 Å². The first-order chi connectivity index (χ1) is 3.80. The van der Waals surface area contributed by atoms with Crippen LogP contribution in [0.15, 0.2) is 24.3 Å². The molecule has 0 spiro atoms. The van der Waals surface area contributed by atoms with Crippen molar-refractivity contribution in [3.05, 3.63) is 35.4 Å². The normalized spacial score (nSPS) is 7.40. The van der Waals surface area contributed by atoms with Gasteiger partial charge in [0, 0.05) is 0 Å². The molecule has 0 radical (unpaired) electrons. The van der Waals surface area contributed by atoms with Crippen LogP contribution in [0.5, 0.6) is 0 Å². The van der Waals surface area contributed by atoms with Crippen molar-refractivity contribution in [3.8, 4) is 0 Å². The monoisotopic (exact) mass is 130 g/mol. The van der Waals surface area contributed by atoms with Crippen molar-refractivity contribution in [3.63, 3.8) is 0 Å². The van der Waals surface area contributed by atoms with Crippen LogP contribution in [-0.2, 0) is 0 Å². The van der Waals surface area contributed by atoms with Gasteiger partial charge in [0.15, 0.2) is 0 Å². The van der Waals surface area contributed by atoms with Crippen LogP contribution in [0.4, 0.5) is 0 Å². The summed E-state index contributed by atoms with van der Waals surface area (Å²) in [4.78, 5) is 0. The van der Waals surface area contributed by atoms with Gasteiger partial charge < -0.3 is 5.48 Å². The zero-order valence-corrected chi connectivity index (χ0v) is 6.76. The van der Waals surface area contributed by atoms with E-state index >= 15 is 0 Å². The van der Waals surface area contributed by atoms with E-state index in [0.717, 1.165) is 0 Å². The van der Waals surface area contributed by atoms with Crippen LogP contribution in [0.2, 0.25) is 0 Å². The van der Waals surface area contributed by atoms with Gasteiger partial charge in [-0.1, -0.05) is 24.3 Å². The first-order valence-electron chi connectivity index (χ1n) is 2.83. The molecule has 0 aliphatic heterocycles. The smallest absolute Gasteiger partial charge is 0.870 e. The summed E-state index contributed by atoms with van der Waals surface area (Å²) >= 11 is 0. The Balaban J connectivity index is 0. The summed E-state index contributed by atoms with van der Waals surface area (Å²) in [5.41, 5.74) is 2.74. The largest absolute Gasteiger partial charge is 1.00 e. The third-order valence-electron chi connectivity index (χ3n) is 1.43. The standard InChI is InChI=1S/C8H10.Li.H2O/c1-7-5-3-4-6-8(7)2;;/h3-6H,1-2H3;;1H2/q;+1;/p-1. The van der Waals surface area contributed by atoms with Gasteiger partial charge in [-0.05, 0) is 25.0 Å². The van der Waals surface area contributed by atoms with Crippen LogP contribution >= 0.6 is 0 Å². The molecule has 1 aromatic rings. The van der Waals surface area contributed by atoms with Crippen molar-refractivity contribution in [2.24, 2.45) is 0 Å². The van der Waals surface area contributed by atoms with E-state index in [1.165, 1.54) is 11.1 Å². The number of aryl methyl sites for hydroxylation is 2. The van der Waals surface area contributed by atoms with Gasteiger partial charge in [0.05, 0.1) is 0 Å². The molecule has 0 saturated carbocycles. The van der Waals surface area contributed by atoms with Crippen LogP contribution in [0.1, 0.15) is 11.1 Å². The molecule has 2 heteroatoms. The van der Waals surface area contributed by atoms with Gasteiger partial charge in [-0.3, -0.25) is 0 Å². The molecule has 0 unspecified atom stereocenters. The second-order valence-electron chi connectivity index (χ2n) is 2.08. The Kier molecular flexibility index (Phi) is 6.92. The Morgan fingerprint density at radius 1 is 0.900 bits per heavy atom. The van der Waals surface area contributed by atoms with Crippen LogP contribution in [0.3, 0.4) is 0 Å².